The molecule has 0 bridgehead atoms. The van der Waals surface area contributed by atoms with Gasteiger partial charge in [0, 0.05) is 43.5 Å². The third-order valence-electron chi connectivity index (χ3n) is 5.32. The first kappa shape index (κ1) is 26.6. The van der Waals surface area contributed by atoms with Gasteiger partial charge in [-0.3, -0.25) is 14.6 Å². The Labute approximate surface area is 214 Å². The molecule has 2 heterocycles. The SMILES string of the molecule is CS(=O)(=O)c1cccc2sc(N(CCN3CCOCC3)C(=O)C=Cc3ccccc3Cl)nc12.Cl. The van der Waals surface area contributed by atoms with Gasteiger partial charge in [-0.2, -0.15) is 0 Å². The molecule has 1 saturated heterocycles. The van der Waals surface area contributed by atoms with Gasteiger partial charge in [0.1, 0.15) is 5.52 Å². The number of morpholine rings is 1. The van der Waals surface area contributed by atoms with E-state index in [1.165, 1.54) is 17.4 Å². The van der Waals surface area contributed by atoms with Crippen molar-refractivity contribution in [3.05, 3.63) is 59.1 Å². The Morgan fingerprint density at radius 1 is 1.21 bits per heavy atom. The van der Waals surface area contributed by atoms with Crippen molar-refractivity contribution in [1.29, 1.82) is 0 Å². The lowest BCUT2D eigenvalue weighted by molar-refractivity contribution is -0.114. The van der Waals surface area contributed by atoms with Crippen molar-refractivity contribution in [3.63, 3.8) is 0 Å². The monoisotopic (exact) mass is 541 g/mol. The van der Waals surface area contributed by atoms with Gasteiger partial charge in [0.15, 0.2) is 15.0 Å². The van der Waals surface area contributed by atoms with Crippen LogP contribution in [0, 0.1) is 0 Å². The molecule has 0 radical (unpaired) electrons. The molecule has 1 amide bonds. The third kappa shape index (κ3) is 6.35. The van der Waals surface area contributed by atoms with Crippen molar-refractivity contribution in [2.45, 2.75) is 4.90 Å². The zero-order valence-electron chi connectivity index (χ0n) is 18.5. The Kier molecular flexibility index (Phi) is 9.08. The van der Waals surface area contributed by atoms with Crippen molar-refractivity contribution in [1.82, 2.24) is 9.88 Å². The quantitative estimate of drug-likeness (QED) is 0.418. The number of aromatic nitrogens is 1. The predicted molar refractivity (Wildman–Crippen MR) is 140 cm³/mol. The Morgan fingerprint density at radius 3 is 2.65 bits per heavy atom. The molecule has 0 spiro atoms. The number of carbonyl (C=O) groups excluding carboxylic acids is 1. The van der Waals surface area contributed by atoms with Crippen LogP contribution in [-0.4, -0.2) is 69.9 Å². The molecular formula is C23H25Cl2N3O4S2. The molecule has 0 atom stereocenters. The summed E-state index contributed by atoms with van der Waals surface area (Å²) in [7, 11) is -3.45. The van der Waals surface area contributed by atoms with Gasteiger partial charge < -0.3 is 4.74 Å². The Balaban J connectivity index is 0.00000324. The molecule has 0 N–H and O–H groups in total. The fraction of sp³-hybridized carbons (Fsp3) is 0.304. The van der Waals surface area contributed by atoms with Crippen LogP contribution in [0.1, 0.15) is 5.56 Å². The zero-order valence-corrected chi connectivity index (χ0v) is 21.7. The number of fused-ring (bicyclic) bond motifs is 1. The number of thiazole rings is 1. The standard InChI is InChI=1S/C23H24ClN3O4S2.ClH/c1-33(29,30)20-8-4-7-19-22(20)25-23(32-19)27(12-11-26-13-15-31-16-14-26)21(28)10-9-17-5-2-3-6-18(17)24;/h2-10H,11-16H2,1H3;1H. The molecule has 182 valence electrons. The number of ether oxygens (including phenoxy) is 1. The van der Waals surface area contributed by atoms with E-state index in [4.69, 9.17) is 16.3 Å². The molecule has 1 aromatic heterocycles. The summed E-state index contributed by atoms with van der Waals surface area (Å²) in [4.78, 5) is 21.8. The second kappa shape index (κ2) is 11.6. The van der Waals surface area contributed by atoms with Crippen molar-refractivity contribution >= 4 is 72.5 Å². The number of hydrogen-bond acceptors (Lipinski definition) is 7. The van der Waals surface area contributed by atoms with E-state index in [1.54, 1.807) is 29.2 Å². The van der Waals surface area contributed by atoms with E-state index in [2.05, 4.69) is 9.88 Å². The summed E-state index contributed by atoms with van der Waals surface area (Å²) < 4.78 is 30.6. The maximum atomic E-state index is 13.3. The number of benzene rings is 2. The van der Waals surface area contributed by atoms with Crippen LogP contribution >= 0.6 is 35.3 Å². The fourth-order valence-corrected chi connectivity index (χ4v) is 5.67. The zero-order chi connectivity index (χ0) is 23.4. The molecule has 11 heteroatoms. The van der Waals surface area contributed by atoms with E-state index in [0.29, 0.717) is 46.7 Å². The number of anilines is 1. The van der Waals surface area contributed by atoms with E-state index in [1.807, 2.05) is 24.3 Å². The first-order valence-corrected chi connectivity index (χ1v) is 13.6. The maximum Gasteiger partial charge on any atom is 0.252 e. The van der Waals surface area contributed by atoms with Gasteiger partial charge >= 0.3 is 0 Å². The topological polar surface area (TPSA) is 79.8 Å². The molecule has 1 aliphatic rings. The minimum absolute atomic E-state index is 0. The normalized spacial score (nSPS) is 14.9. The number of hydrogen-bond donors (Lipinski definition) is 0. The number of sulfone groups is 1. The van der Waals surface area contributed by atoms with Crippen LogP contribution in [0.15, 0.2) is 53.4 Å². The van der Waals surface area contributed by atoms with Crippen LogP contribution in [-0.2, 0) is 19.4 Å². The Bertz CT molecular complexity index is 1290. The molecule has 0 saturated carbocycles. The molecule has 3 aromatic rings. The van der Waals surface area contributed by atoms with Gasteiger partial charge in [0.05, 0.1) is 22.8 Å². The number of amides is 1. The van der Waals surface area contributed by atoms with Crippen molar-refractivity contribution < 1.29 is 17.9 Å². The molecule has 2 aromatic carbocycles. The van der Waals surface area contributed by atoms with Crippen molar-refractivity contribution in [2.75, 3.05) is 50.5 Å². The molecule has 4 rings (SSSR count). The first-order valence-electron chi connectivity index (χ1n) is 10.5. The van der Waals surface area contributed by atoms with Crippen LogP contribution in [0.4, 0.5) is 5.13 Å². The number of nitrogens with zero attached hydrogens (tertiary/aromatic N) is 3. The van der Waals surface area contributed by atoms with Gasteiger partial charge in [-0.1, -0.05) is 47.2 Å². The minimum Gasteiger partial charge on any atom is -0.379 e. The highest BCUT2D eigenvalue weighted by Gasteiger charge is 2.22. The van der Waals surface area contributed by atoms with Crippen LogP contribution in [0.5, 0.6) is 0 Å². The third-order valence-corrected chi connectivity index (χ3v) is 7.84. The highest BCUT2D eigenvalue weighted by molar-refractivity contribution is 7.91. The van der Waals surface area contributed by atoms with E-state index in [-0.39, 0.29) is 23.2 Å². The first-order chi connectivity index (χ1) is 15.8. The van der Waals surface area contributed by atoms with E-state index >= 15 is 0 Å². The highest BCUT2D eigenvalue weighted by Crippen LogP contribution is 2.33. The maximum absolute atomic E-state index is 13.3. The Hall–Kier alpha value is -2.01. The summed E-state index contributed by atoms with van der Waals surface area (Å²) in [6, 6.07) is 12.3. The minimum atomic E-state index is -3.45. The van der Waals surface area contributed by atoms with Crippen LogP contribution in [0.3, 0.4) is 0 Å². The second-order valence-corrected chi connectivity index (χ2v) is 11.1. The van der Waals surface area contributed by atoms with Crippen molar-refractivity contribution in [3.8, 4) is 0 Å². The van der Waals surface area contributed by atoms with Gasteiger partial charge in [0.2, 0.25) is 0 Å². The van der Waals surface area contributed by atoms with Gasteiger partial charge in [-0.15, -0.1) is 12.4 Å². The molecule has 0 unspecified atom stereocenters. The lowest BCUT2D eigenvalue weighted by Crippen LogP contribution is -2.42. The highest BCUT2D eigenvalue weighted by atomic mass is 35.5. The van der Waals surface area contributed by atoms with Crippen molar-refractivity contribution in [2.24, 2.45) is 0 Å². The van der Waals surface area contributed by atoms with E-state index < -0.39 is 9.84 Å². The lowest BCUT2D eigenvalue weighted by atomic mass is 10.2. The Morgan fingerprint density at radius 2 is 1.94 bits per heavy atom. The summed E-state index contributed by atoms with van der Waals surface area (Å²) in [6.45, 7) is 4.01. The predicted octanol–water partition coefficient (Wildman–Crippen LogP) is 4.15. The van der Waals surface area contributed by atoms with Crippen LogP contribution in [0.2, 0.25) is 5.02 Å². The molecule has 7 nitrogen and oxygen atoms in total. The van der Waals surface area contributed by atoms with E-state index in [0.717, 1.165) is 24.9 Å². The van der Waals surface area contributed by atoms with Crippen LogP contribution in [0.25, 0.3) is 16.3 Å². The van der Waals surface area contributed by atoms with Gasteiger partial charge in [0.25, 0.3) is 5.91 Å². The summed E-state index contributed by atoms with van der Waals surface area (Å²) in [6.07, 6.45) is 4.32. The molecule has 1 fully saturated rings. The van der Waals surface area contributed by atoms with E-state index in [9.17, 15) is 13.2 Å². The number of carbonyl (C=O) groups is 1. The summed E-state index contributed by atoms with van der Waals surface area (Å²) in [5.41, 5.74) is 1.13. The summed E-state index contributed by atoms with van der Waals surface area (Å²) in [5, 5.41) is 1.02. The number of rotatable bonds is 7. The molecule has 1 aliphatic heterocycles. The van der Waals surface area contributed by atoms with Gasteiger partial charge in [-0.05, 0) is 29.8 Å². The summed E-state index contributed by atoms with van der Waals surface area (Å²) >= 11 is 7.52. The second-order valence-electron chi connectivity index (χ2n) is 7.67. The fourth-order valence-electron chi connectivity index (χ4n) is 3.55. The van der Waals surface area contributed by atoms with Gasteiger partial charge in [-0.25, -0.2) is 13.4 Å². The largest absolute Gasteiger partial charge is 0.379 e. The smallest absolute Gasteiger partial charge is 0.252 e. The molecule has 34 heavy (non-hydrogen) atoms. The number of halogens is 2. The molecular weight excluding hydrogens is 517 g/mol. The number of para-hydroxylation sites is 1. The van der Waals surface area contributed by atoms with Crippen LogP contribution < -0.4 is 4.90 Å². The lowest BCUT2D eigenvalue weighted by Gasteiger charge is -2.28. The average molecular weight is 543 g/mol. The average Bonchev–Trinajstić information content (AvgIpc) is 3.22. The summed E-state index contributed by atoms with van der Waals surface area (Å²) in [5.74, 6) is -0.247. The molecule has 0 aliphatic carbocycles.